The summed E-state index contributed by atoms with van der Waals surface area (Å²) in [6, 6.07) is 0. The molecule has 0 unspecified atom stereocenters. The predicted molar refractivity (Wildman–Crippen MR) is 39.2 cm³/mol. The van der Waals surface area contributed by atoms with E-state index in [1.54, 1.807) is 0 Å². The van der Waals surface area contributed by atoms with Crippen LogP contribution < -0.4 is 0 Å². The van der Waals surface area contributed by atoms with Crippen LogP contribution in [0.15, 0.2) is 12.2 Å². The van der Waals surface area contributed by atoms with Crippen molar-refractivity contribution >= 4 is 0 Å². The Bertz CT molecular complexity index is 153. The molecule has 50 valence electrons. The van der Waals surface area contributed by atoms with Gasteiger partial charge >= 0.3 is 0 Å². The average Bonchev–Trinajstić information content (AvgIpc) is 2.36. The number of rotatable bonds is 0. The van der Waals surface area contributed by atoms with Crippen molar-refractivity contribution in [1.29, 1.82) is 0 Å². The van der Waals surface area contributed by atoms with Gasteiger partial charge in [-0.25, -0.2) is 0 Å². The van der Waals surface area contributed by atoms with E-state index in [-0.39, 0.29) is 0 Å². The van der Waals surface area contributed by atoms with E-state index in [1.165, 1.54) is 19.3 Å². The normalized spacial score (nSPS) is 33.6. The predicted octanol–water partition coefficient (Wildman–Crippen LogP) is 2.75. The van der Waals surface area contributed by atoms with Crippen molar-refractivity contribution in [2.45, 2.75) is 33.1 Å². The molecule has 0 aromatic carbocycles. The second-order valence-electron chi connectivity index (χ2n) is 4.36. The molecule has 2 aliphatic carbocycles. The van der Waals surface area contributed by atoms with Crippen LogP contribution in [0.2, 0.25) is 0 Å². The van der Waals surface area contributed by atoms with Crippen LogP contribution in [0.4, 0.5) is 0 Å². The Hall–Kier alpha value is -0.260. The quantitative estimate of drug-likeness (QED) is 0.433. The first-order valence-electron chi connectivity index (χ1n) is 3.82. The highest BCUT2D eigenvalue weighted by molar-refractivity contribution is 5.20. The van der Waals surface area contributed by atoms with Gasteiger partial charge < -0.3 is 0 Å². The van der Waals surface area contributed by atoms with E-state index >= 15 is 0 Å². The van der Waals surface area contributed by atoms with E-state index in [9.17, 15) is 0 Å². The second-order valence-corrected chi connectivity index (χ2v) is 4.36. The Kier molecular flexibility index (Phi) is 0.769. The maximum atomic E-state index is 2.44. The zero-order valence-electron chi connectivity index (χ0n) is 6.28. The standard InChI is InChI=1S/C9H14/c1-8(2)3-4-9(7-8)5-6-9/h3-4H,5-7H2,1-2H3. The van der Waals surface area contributed by atoms with Gasteiger partial charge in [-0.1, -0.05) is 26.0 Å². The van der Waals surface area contributed by atoms with Crippen LogP contribution >= 0.6 is 0 Å². The maximum Gasteiger partial charge on any atom is -0.0109 e. The van der Waals surface area contributed by atoms with Gasteiger partial charge in [0.15, 0.2) is 0 Å². The van der Waals surface area contributed by atoms with Crippen molar-refractivity contribution in [3.8, 4) is 0 Å². The first-order valence-corrected chi connectivity index (χ1v) is 3.82. The molecule has 0 heterocycles. The van der Waals surface area contributed by atoms with Crippen LogP contribution in [0, 0.1) is 10.8 Å². The van der Waals surface area contributed by atoms with Gasteiger partial charge in [-0.3, -0.25) is 0 Å². The highest BCUT2D eigenvalue weighted by Crippen LogP contribution is 2.58. The number of hydrogen-bond donors (Lipinski definition) is 0. The van der Waals surface area contributed by atoms with E-state index in [1.807, 2.05) is 0 Å². The van der Waals surface area contributed by atoms with Gasteiger partial charge in [0, 0.05) is 0 Å². The van der Waals surface area contributed by atoms with E-state index in [0.717, 1.165) is 0 Å². The Balaban J connectivity index is 2.19. The van der Waals surface area contributed by atoms with E-state index in [0.29, 0.717) is 10.8 Å². The van der Waals surface area contributed by atoms with Gasteiger partial charge in [0.05, 0.1) is 0 Å². The first kappa shape index (κ1) is 5.52. The lowest BCUT2D eigenvalue weighted by Crippen LogP contribution is -2.05. The molecule has 0 atom stereocenters. The average molecular weight is 122 g/mol. The van der Waals surface area contributed by atoms with Crippen molar-refractivity contribution in [1.82, 2.24) is 0 Å². The van der Waals surface area contributed by atoms with E-state index < -0.39 is 0 Å². The van der Waals surface area contributed by atoms with Gasteiger partial charge in [0.2, 0.25) is 0 Å². The lowest BCUT2D eigenvalue weighted by atomic mass is 9.89. The molecule has 0 aromatic rings. The summed E-state index contributed by atoms with van der Waals surface area (Å²) < 4.78 is 0. The fourth-order valence-electron chi connectivity index (χ4n) is 1.93. The molecule has 2 aliphatic rings. The summed E-state index contributed by atoms with van der Waals surface area (Å²) in [5, 5.41) is 0. The molecule has 1 spiro atoms. The Morgan fingerprint density at radius 3 is 2.00 bits per heavy atom. The van der Waals surface area contributed by atoms with Crippen molar-refractivity contribution < 1.29 is 0 Å². The molecule has 0 saturated heterocycles. The Morgan fingerprint density at radius 2 is 1.78 bits per heavy atom. The minimum absolute atomic E-state index is 0.510. The molecule has 0 aromatic heterocycles. The van der Waals surface area contributed by atoms with Gasteiger partial charge in [-0.2, -0.15) is 0 Å². The number of allylic oxidation sites excluding steroid dienone is 2. The van der Waals surface area contributed by atoms with Crippen LogP contribution in [0.1, 0.15) is 33.1 Å². The monoisotopic (exact) mass is 122 g/mol. The summed E-state index contributed by atoms with van der Waals surface area (Å²) in [5.74, 6) is 0. The molecule has 0 bridgehead atoms. The van der Waals surface area contributed by atoms with Crippen molar-refractivity contribution in [2.75, 3.05) is 0 Å². The Morgan fingerprint density at radius 1 is 1.11 bits per heavy atom. The van der Waals surface area contributed by atoms with Crippen molar-refractivity contribution in [3.63, 3.8) is 0 Å². The zero-order valence-corrected chi connectivity index (χ0v) is 6.28. The minimum Gasteiger partial charge on any atom is -0.0823 e. The Labute approximate surface area is 57.0 Å². The summed E-state index contributed by atoms with van der Waals surface area (Å²) in [7, 11) is 0. The third kappa shape index (κ3) is 0.810. The molecule has 0 amide bonds. The summed E-state index contributed by atoms with van der Waals surface area (Å²) >= 11 is 0. The molecule has 1 fully saturated rings. The highest BCUT2D eigenvalue weighted by Gasteiger charge is 2.46. The molecule has 0 heteroatoms. The molecule has 0 aliphatic heterocycles. The van der Waals surface area contributed by atoms with E-state index in [4.69, 9.17) is 0 Å². The van der Waals surface area contributed by atoms with E-state index in [2.05, 4.69) is 26.0 Å². The summed E-state index contributed by atoms with van der Waals surface area (Å²) in [6.45, 7) is 4.66. The lowest BCUT2D eigenvalue weighted by Gasteiger charge is -2.15. The molecular formula is C9H14. The molecule has 2 rings (SSSR count). The molecular weight excluding hydrogens is 108 g/mol. The summed E-state index contributed by atoms with van der Waals surface area (Å²) in [6.07, 6.45) is 9.13. The largest absolute Gasteiger partial charge is 0.0823 e. The second kappa shape index (κ2) is 1.25. The number of hydrogen-bond acceptors (Lipinski definition) is 0. The maximum absolute atomic E-state index is 2.44. The minimum atomic E-state index is 0.510. The van der Waals surface area contributed by atoms with Gasteiger partial charge in [0.1, 0.15) is 0 Å². The molecule has 9 heavy (non-hydrogen) atoms. The zero-order chi connectivity index (χ0) is 6.54. The van der Waals surface area contributed by atoms with Gasteiger partial charge in [-0.05, 0) is 30.1 Å². The third-order valence-corrected chi connectivity index (χ3v) is 2.59. The third-order valence-electron chi connectivity index (χ3n) is 2.59. The molecule has 0 nitrogen and oxygen atoms in total. The van der Waals surface area contributed by atoms with Gasteiger partial charge in [-0.15, -0.1) is 0 Å². The van der Waals surface area contributed by atoms with Crippen LogP contribution in [0.25, 0.3) is 0 Å². The van der Waals surface area contributed by atoms with Crippen LogP contribution in [0.5, 0.6) is 0 Å². The van der Waals surface area contributed by atoms with Gasteiger partial charge in [0.25, 0.3) is 0 Å². The van der Waals surface area contributed by atoms with Crippen LogP contribution in [-0.2, 0) is 0 Å². The fraction of sp³-hybridized carbons (Fsp3) is 0.778. The topological polar surface area (TPSA) is 0 Å². The summed E-state index contributed by atoms with van der Waals surface area (Å²) in [5.41, 5.74) is 1.21. The molecule has 1 saturated carbocycles. The van der Waals surface area contributed by atoms with Crippen molar-refractivity contribution in [2.24, 2.45) is 10.8 Å². The molecule has 0 radical (unpaired) electrons. The highest BCUT2D eigenvalue weighted by atomic mass is 14.5. The molecule has 0 N–H and O–H groups in total. The first-order chi connectivity index (χ1) is 4.12. The lowest BCUT2D eigenvalue weighted by molar-refractivity contribution is 0.398. The fourth-order valence-corrected chi connectivity index (χ4v) is 1.93. The summed E-state index contributed by atoms with van der Waals surface area (Å²) in [4.78, 5) is 0. The SMILES string of the molecule is CC1(C)C=CC2(CC2)C1. The smallest absolute Gasteiger partial charge is 0.0109 e. The van der Waals surface area contributed by atoms with Crippen LogP contribution in [0.3, 0.4) is 0 Å². The van der Waals surface area contributed by atoms with Crippen LogP contribution in [-0.4, -0.2) is 0 Å². The van der Waals surface area contributed by atoms with Crippen molar-refractivity contribution in [3.05, 3.63) is 12.2 Å².